The summed E-state index contributed by atoms with van der Waals surface area (Å²) in [4.78, 5) is 19.2. The van der Waals surface area contributed by atoms with Crippen LogP contribution < -0.4 is 16.2 Å². The Balaban J connectivity index is 1.87. The monoisotopic (exact) mass is 320 g/mol. The number of carbonyl (C=O) groups is 1. The van der Waals surface area contributed by atoms with Crippen LogP contribution in [0.2, 0.25) is 0 Å². The molecule has 0 aromatic carbocycles. The lowest BCUT2D eigenvalue weighted by Gasteiger charge is -2.19. The zero-order valence-corrected chi connectivity index (χ0v) is 13.6. The summed E-state index contributed by atoms with van der Waals surface area (Å²) in [6, 6.07) is 2.30. The second-order valence-corrected chi connectivity index (χ2v) is 6.75. The van der Waals surface area contributed by atoms with Crippen molar-refractivity contribution in [2.45, 2.75) is 25.8 Å². The molecule has 22 heavy (non-hydrogen) atoms. The molecule has 1 aliphatic rings. The number of fused-ring (bicyclic) bond motifs is 1. The van der Waals surface area contributed by atoms with Gasteiger partial charge in [-0.05, 0) is 38.9 Å². The third kappa shape index (κ3) is 2.62. The molecule has 1 amide bonds. The van der Waals surface area contributed by atoms with Crippen molar-refractivity contribution in [3.63, 3.8) is 0 Å². The van der Waals surface area contributed by atoms with Gasteiger partial charge in [0.05, 0.1) is 5.69 Å². The summed E-state index contributed by atoms with van der Waals surface area (Å²) in [5, 5.41) is 0.795. The average molecular weight is 320 g/mol. The zero-order valence-electron chi connectivity index (χ0n) is 12.8. The number of aromatic nitrogens is 1. The summed E-state index contributed by atoms with van der Waals surface area (Å²) in [5.41, 5.74) is 12.7. The summed E-state index contributed by atoms with van der Waals surface area (Å²) in [6.07, 6.45) is 2.36. The van der Waals surface area contributed by atoms with Gasteiger partial charge in [0, 0.05) is 17.5 Å². The summed E-state index contributed by atoms with van der Waals surface area (Å²) >= 11 is 1.22. The van der Waals surface area contributed by atoms with Gasteiger partial charge in [0.2, 0.25) is 5.88 Å². The molecular formula is C15H20N4O2S. The number of carbonyl (C=O) groups excluding carboxylic acids is 1. The molecule has 0 radical (unpaired) electrons. The van der Waals surface area contributed by atoms with Crippen molar-refractivity contribution >= 4 is 33.1 Å². The Morgan fingerprint density at radius 1 is 1.59 bits per heavy atom. The van der Waals surface area contributed by atoms with E-state index in [1.54, 1.807) is 0 Å². The summed E-state index contributed by atoms with van der Waals surface area (Å²) in [5.74, 6) is 0.0533. The van der Waals surface area contributed by atoms with Crippen LogP contribution in [0, 0.1) is 6.92 Å². The number of nitrogen functional groups attached to an aromatic ring is 1. The molecule has 4 N–H and O–H groups in total. The van der Waals surface area contributed by atoms with Crippen LogP contribution in [0.15, 0.2) is 6.07 Å². The molecule has 2 aromatic heterocycles. The number of rotatable bonds is 4. The molecule has 1 fully saturated rings. The number of ether oxygens (including phenoxy) is 1. The van der Waals surface area contributed by atoms with Crippen molar-refractivity contribution in [2.75, 3.05) is 25.9 Å². The first kappa shape index (κ1) is 15.1. The van der Waals surface area contributed by atoms with Crippen molar-refractivity contribution in [1.29, 1.82) is 0 Å². The van der Waals surface area contributed by atoms with Crippen molar-refractivity contribution in [3.05, 3.63) is 16.5 Å². The van der Waals surface area contributed by atoms with Gasteiger partial charge in [-0.15, -0.1) is 11.3 Å². The van der Waals surface area contributed by atoms with Gasteiger partial charge in [-0.2, -0.15) is 0 Å². The number of likely N-dealkylation sites (N-methyl/N-ethyl adjacent to an activating group) is 1. The van der Waals surface area contributed by atoms with Crippen LogP contribution in [0.1, 0.15) is 28.1 Å². The van der Waals surface area contributed by atoms with Gasteiger partial charge in [-0.1, -0.05) is 0 Å². The Morgan fingerprint density at radius 3 is 3.00 bits per heavy atom. The van der Waals surface area contributed by atoms with Crippen molar-refractivity contribution in [2.24, 2.45) is 5.73 Å². The van der Waals surface area contributed by atoms with Crippen LogP contribution in [0.5, 0.6) is 5.88 Å². The maximum absolute atomic E-state index is 11.4. The third-order valence-electron chi connectivity index (χ3n) is 4.19. The van der Waals surface area contributed by atoms with E-state index in [1.165, 1.54) is 17.8 Å². The third-order valence-corrected chi connectivity index (χ3v) is 5.31. The first-order valence-corrected chi connectivity index (χ1v) is 8.11. The van der Waals surface area contributed by atoms with E-state index in [0.29, 0.717) is 33.9 Å². The Kier molecular flexibility index (Phi) is 3.92. The summed E-state index contributed by atoms with van der Waals surface area (Å²) in [6.45, 7) is 3.67. The number of likely N-dealkylation sites (tertiary alicyclic amines) is 1. The SMILES string of the molecule is Cc1cc(OC[C@@H]2CCCN2C)nc2sc(C(N)=O)c(N)c12. The second-order valence-electron chi connectivity index (χ2n) is 5.75. The molecule has 1 atom stereocenters. The number of primary amides is 1. The molecule has 2 aromatic rings. The lowest BCUT2D eigenvalue weighted by Crippen LogP contribution is -2.30. The van der Waals surface area contributed by atoms with Gasteiger partial charge in [-0.3, -0.25) is 4.79 Å². The number of anilines is 1. The van der Waals surface area contributed by atoms with E-state index < -0.39 is 5.91 Å². The smallest absolute Gasteiger partial charge is 0.260 e. The van der Waals surface area contributed by atoms with E-state index in [1.807, 2.05) is 13.0 Å². The topological polar surface area (TPSA) is 94.5 Å². The quantitative estimate of drug-likeness (QED) is 0.895. The minimum absolute atomic E-state index is 0.360. The highest BCUT2D eigenvalue weighted by atomic mass is 32.1. The Hall–Kier alpha value is -1.86. The fraction of sp³-hybridized carbons (Fsp3) is 0.467. The minimum Gasteiger partial charge on any atom is -0.476 e. The molecule has 3 rings (SSSR count). The lowest BCUT2D eigenvalue weighted by atomic mass is 10.1. The van der Waals surface area contributed by atoms with E-state index >= 15 is 0 Å². The highest BCUT2D eigenvalue weighted by Gasteiger charge is 2.22. The van der Waals surface area contributed by atoms with Gasteiger partial charge in [0.25, 0.3) is 5.91 Å². The van der Waals surface area contributed by atoms with Crippen LogP contribution in [0.4, 0.5) is 5.69 Å². The number of hydrogen-bond acceptors (Lipinski definition) is 6. The molecule has 0 saturated carbocycles. The first-order chi connectivity index (χ1) is 10.5. The van der Waals surface area contributed by atoms with Gasteiger partial charge in [0.15, 0.2) is 0 Å². The van der Waals surface area contributed by atoms with Gasteiger partial charge < -0.3 is 21.1 Å². The minimum atomic E-state index is -0.519. The highest BCUT2D eigenvalue weighted by Crippen LogP contribution is 2.36. The molecular weight excluding hydrogens is 300 g/mol. The molecule has 0 aliphatic carbocycles. The van der Waals surface area contributed by atoms with Crippen LogP contribution in [-0.2, 0) is 0 Å². The first-order valence-electron chi connectivity index (χ1n) is 7.30. The highest BCUT2D eigenvalue weighted by molar-refractivity contribution is 7.21. The van der Waals surface area contributed by atoms with E-state index in [-0.39, 0.29) is 0 Å². The van der Waals surface area contributed by atoms with E-state index in [0.717, 1.165) is 23.9 Å². The molecule has 7 heteroatoms. The second kappa shape index (κ2) is 5.73. The molecule has 3 heterocycles. The Morgan fingerprint density at radius 2 is 2.36 bits per heavy atom. The molecule has 6 nitrogen and oxygen atoms in total. The van der Waals surface area contributed by atoms with Gasteiger partial charge in [0.1, 0.15) is 16.3 Å². The number of amides is 1. The van der Waals surface area contributed by atoms with Crippen LogP contribution in [0.3, 0.4) is 0 Å². The normalized spacial score (nSPS) is 18.9. The lowest BCUT2D eigenvalue weighted by molar-refractivity contribution is 0.100. The maximum atomic E-state index is 11.4. The molecule has 118 valence electrons. The number of nitrogens with two attached hydrogens (primary N) is 2. The molecule has 0 bridgehead atoms. The summed E-state index contributed by atoms with van der Waals surface area (Å²) < 4.78 is 5.86. The largest absolute Gasteiger partial charge is 0.476 e. The molecule has 0 spiro atoms. The zero-order chi connectivity index (χ0) is 15.9. The summed E-state index contributed by atoms with van der Waals surface area (Å²) in [7, 11) is 2.11. The van der Waals surface area contributed by atoms with E-state index in [9.17, 15) is 4.79 Å². The Labute approximate surface area is 133 Å². The van der Waals surface area contributed by atoms with E-state index in [4.69, 9.17) is 16.2 Å². The number of nitrogens with zero attached hydrogens (tertiary/aromatic N) is 2. The maximum Gasteiger partial charge on any atom is 0.260 e. The predicted octanol–water partition coefficient (Wildman–Crippen LogP) is 1.76. The van der Waals surface area contributed by atoms with Gasteiger partial charge >= 0.3 is 0 Å². The van der Waals surface area contributed by atoms with Crippen LogP contribution in [-0.4, -0.2) is 42.0 Å². The number of aryl methyl sites for hydroxylation is 1. The Bertz CT molecular complexity index is 728. The average Bonchev–Trinajstić information content (AvgIpc) is 3.00. The molecule has 0 unspecified atom stereocenters. The molecule has 1 aliphatic heterocycles. The van der Waals surface area contributed by atoms with E-state index in [2.05, 4.69) is 16.9 Å². The van der Waals surface area contributed by atoms with Crippen LogP contribution >= 0.6 is 11.3 Å². The predicted molar refractivity (Wildman–Crippen MR) is 88.4 cm³/mol. The molecule has 1 saturated heterocycles. The number of hydrogen-bond donors (Lipinski definition) is 2. The fourth-order valence-corrected chi connectivity index (χ4v) is 3.92. The number of thiophene rings is 1. The van der Waals surface area contributed by atoms with Crippen molar-refractivity contribution in [1.82, 2.24) is 9.88 Å². The van der Waals surface area contributed by atoms with Crippen molar-refractivity contribution in [3.8, 4) is 5.88 Å². The number of pyridine rings is 1. The van der Waals surface area contributed by atoms with Gasteiger partial charge in [-0.25, -0.2) is 4.98 Å². The van der Waals surface area contributed by atoms with Crippen LogP contribution in [0.25, 0.3) is 10.2 Å². The fourth-order valence-electron chi connectivity index (χ4n) is 2.91. The standard InChI is InChI=1S/C15H20N4O2S/c1-8-6-10(21-7-9-4-3-5-19(9)2)18-15-11(8)12(16)13(22-15)14(17)20/h6,9H,3-5,7,16H2,1-2H3,(H2,17,20)/t9-/m0/s1. The van der Waals surface area contributed by atoms with Crippen molar-refractivity contribution < 1.29 is 9.53 Å².